The van der Waals surface area contributed by atoms with Crippen LogP contribution >= 0.6 is 11.8 Å². The quantitative estimate of drug-likeness (QED) is 0.600. The van der Waals surface area contributed by atoms with Gasteiger partial charge in [0.15, 0.2) is 0 Å². The lowest BCUT2D eigenvalue weighted by molar-refractivity contribution is -0.132. The predicted octanol–water partition coefficient (Wildman–Crippen LogP) is 0.210. The van der Waals surface area contributed by atoms with Crippen LogP contribution < -0.4 is 5.32 Å². The van der Waals surface area contributed by atoms with E-state index >= 15 is 0 Å². The van der Waals surface area contributed by atoms with E-state index in [1.54, 1.807) is 11.8 Å². The number of ether oxygens (including phenoxy) is 1. The molecule has 0 amide bonds. The van der Waals surface area contributed by atoms with Crippen LogP contribution in [0, 0.1) is 0 Å². The van der Waals surface area contributed by atoms with Crippen LogP contribution in [-0.2, 0) is 9.53 Å². The lowest BCUT2D eigenvalue weighted by atomic mass is 10.4. The molecule has 0 aromatic heterocycles. The van der Waals surface area contributed by atoms with Gasteiger partial charge in [-0.15, -0.1) is 11.8 Å². The van der Waals surface area contributed by atoms with E-state index in [2.05, 4.69) is 5.32 Å². The number of thioether (sulfide) groups is 1. The third kappa shape index (κ3) is 1.88. The molecule has 0 bridgehead atoms. The normalized spacial score (nSPS) is 27.9. The van der Waals surface area contributed by atoms with Crippen molar-refractivity contribution in [2.75, 3.05) is 12.3 Å². The first-order chi connectivity index (χ1) is 4.84. The number of hydrogen-bond acceptors (Lipinski definition) is 4. The number of hydrogen-bond donors (Lipinski definition) is 1. The minimum Gasteiger partial charge on any atom is -0.462 e. The number of carbonyl (C=O) groups excluding carboxylic acids is 1. The van der Waals surface area contributed by atoms with Gasteiger partial charge >= 0.3 is 0 Å². The molecule has 0 spiro atoms. The Morgan fingerprint density at radius 2 is 2.70 bits per heavy atom. The lowest BCUT2D eigenvalue weighted by Crippen LogP contribution is -2.32. The van der Waals surface area contributed by atoms with Crippen molar-refractivity contribution in [2.45, 2.75) is 18.4 Å². The Kier molecular flexibility index (Phi) is 3.02. The summed E-state index contributed by atoms with van der Waals surface area (Å²) >= 11 is 1.80. The van der Waals surface area contributed by atoms with Crippen LogP contribution in [0.1, 0.15) is 6.92 Å². The van der Waals surface area contributed by atoms with Crippen molar-refractivity contribution in [1.29, 1.82) is 0 Å². The van der Waals surface area contributed by atoms with E-state index in [1.807, 2.05) is 6.92 Å². The average Bonchev–Trinajstić information content (AvgIpc) is 2.38. The van der Waals surface area contributed by atoms with Gasteiger partial charge < -0.3 is 10.1 Å². The van der Waals surface area contributed by atoms with Gasteiger partial charge in [0.2, 0.25) is 0 Å². The predicted molar refractivity (Wildman–Crippen MR) is 40.9 cm³/mol. The number of carbonyl (C=O) groups is 1. The van der Waals surface area contributed by atoms with Crippen molar-refractivity contribution < 1.29 is 9.53 Å². The molecule has 1 unspecified atom stereocenters. The second-order valence-electron chi connectivity index (χ2n) is 2.18. The first-order valence-corrected chi connectivity index (χ1v) is 4.33. The molecule has 2 atom stereocenters. The molecule has 0 aliphatic carbocycles. The summed E-state index contributed by atoms with van der Waals surface area (Å²) in [5.74, 6) is 1.11. The van der Waals surface area contributed by atoms with Gasteiger partial charge in [-0.3, -0.25) is 4.79 Å². The largest absolute Gasteiger partial charge is 0.462 e. The van der Waals surface area contributed by atoms with Gasteiger partial charge in [0, 0.05) is 12.3 Å². The molecule has 3 nitrogen and oxygen atoms in total. The van der Waals surface area contributed by atoms with Crippen molar-refractivity contribution in [1.82, 2.24) is 5.32 Å². The van der Waals surface area contributed by atoms with Crippen LogP contribution in [0.25, 0.3) is 0 Å². The Balaban J connectivity index is 2.24. The molecule has 1 rings (SSSR count). The summed E-state index contributed by atoms with van der Waals surface area (Å²) in [6, 6.07) is 0. The van der Waals surface area contributed by atoms with Gasteiger partial charge in [-0.05, 0) is 6.92 Å². The molecule has 1 N–H and O–H groups in total. The summed E-state index contributed by atoms with van der Waals surface area (Å²) < 4.78 is 4.76. The highest BCUT2D eigenvalue weighted by Crippen LogP contribution is 2.18. The smallest absolute Gasteiger partial charge is 0.293 e. The van der Waals surface area contributed by atoms with Crippen molar-refractivity contribution in [3.05, 3.63) is 0 Å². The Morgan fingerprint density at radius 3 is 3.20 bits per heavy atom. The molecule has 0 aromatic carbocycles. The van der Waals surface area contributed by atoms with Gasteiger partial charge in [0.25, 0.3) is 6.47 Å². The summed E-state index contributed by atoms with van der Waals surface area (Å²) in [5, 5.41) is 3.52. The summed E-state index contributed by atoms with van der Waals surface area (Å²) in [6.07, 6.45) is -0.00926. The summed E-state index contributed by atoms with van der Waals surface area (Å²) in [5.41, 5.74) is 0. The minimum atomic E-state index is -0.00926. The molecule has 0 radical (unpaired) electrons. The minimum absolute atomic E-state index is 0.00926. The molecule has 1 aliphatic rings. The van der Waals surface area contributed by atoms with Crippen molar-refractivity contribution in [2.24, 2.45) is 0 Å². The molecule has 1 aliphatic heterocycles. The fraction of sp³-hybridized carbons (Fsp3) is 0.833. The zero-order valence-corrected chi connectivity index (χ0v) is 6.69. The van der Waals surface area contributed by atoms with Crippen molar-refractivity contribution in [3.8, 4) is 0 Å². The van der Waals surface area contributed by atoms with E-state index in [0.29, 0.717) is 11.8 Å². The maximum Gasteiger partial charge on any atom is 0.293 e. The summed E-state index contributed by atoms with van der Waals surface area (Å²) in [4.78, 5) is 9.91. The molecular weight excluding hydrogens is 150 g/mol. The Hall–Kier alpha value is -0.220. The second-order valence-corrected chi connectivity index (χ2v) is 3.43. The van der Waals surface area contributed by atoms with Gasteiger partial charge in [-0.25, -0.2) is 0 Å². The van der Waals surface area contributed by atoms with E-state index in [4.69, 9.17) is 4.74 Å². The maximum absolute atomic E-state index is 9.91. The average molecular weight is 161 g/mol. The van der Waals surface area contributed by atoms with Gasteiger partial charge in [0.1, 0.15) is 6.10 Å². The van der Waals surface area contributed by atoms with Crippen LogP contribution in [0.2, 0.25) is 0 Å². The van der Waals surface area contributed by atoms with E-state index in [9.17, 15) is 4.79 Å². The van der Waals surface area contributed by atoms with E-state index in [0.717, 1.165) is 12.3 Å². The first kappa shape index (κ1) is 7.88. The SMILES string of the molecule is CC(OC=O)[C@@H]1NCCS1. The molecule has 1 fully saturated rings. The van der Waals surface area contributed by atoms with Crippen molar-refractivity contribution in [3.63, 3.8) is 0 Å². The molecule has 1 heterocycles. The molecule has 4 heteroatoms. The molecule has 1 saturated heterocycles. The maximum atomic E-state index is 9.91. The van der Waals surface area contributed by atoms with Gasteiger partial charge in [-0.1, -0.05) is 0 Å². The zero-order chi connectivity index (χ0) is 7.40. The van der Waals surface area contributed by atoms with Crippen molar-refractivity contribution >= 4 is 18.2 Å². The fourth-order valence-electron chi connectivity index (χ4n) is 0.906. The van der Waals surface area contributed by atoms with E-state index < -0.39 is 0 Å². The van der Waals surface area contributed by atoms with Crippen LogP contribution in [0.4, 0.5) is 0 Å². The third-order valence-corrected chi connectivity index (χ3v) is 2.79. The van der Waals surface area contributed by atoms with Crippen LogP contribution in [0.3, 0.4) is 0 Å². The van der Waals surface area contributed by atoms with Crippen LogP contribution in [0.5, 0.6) is 0 Å². The Morgan fingerprint density at radius 1 is 1.90 bits per heavy atom. The standard InChI is InChI=1S/C6H11NO2S/c1-5(9-4-8)6-7-2-3-10-6/h4-7H,2-3H2,1H3/t5?,6-/m1/s1. The lowest BCUT2D eigenvalue weighted by Gasteiger charge is -2.15. The number of nitrogens with one attached hydrogen (secondary N) is 1. The molecule has 0 saturated carbocycles. The molecule has 0 aromatic rings. The Labute approximate surface area is 64.5 Å². The first-order valence-electron chi connectivity index (χ1n) is 3.28. The van der Waals surface area contributed by atoms with E-state index in [-0.39, 0.29) is 6.10 Å². The topological polar surface area (TPSA) is 38.3 Å². The fourth-order valence-corrected chi connectivity index (χ4v) is 1.97. The molecule has 58 valence electrons. The Bertz CT molecular complexity index is 114. The zero-order valence-electron chi connectivity index (χ0n) is 5.87. The monoisotopic (exact) mass is 161 g/mol. The summed E-state index contributed by atoms with van der Waals surface area (Å²) in [7, 11) is 0. The van der Waals surface area contributed by atoms with E-state index in [1.165, 1.54) is 0 Å². The third-order valence-electron chi connectivity index (χ3n) is 1.44. The molecular formula is C6H11NO2S. The highest BCUT2D eigenvalue weighted by Gasteiger charge is 2.21. The highest BCUT2D eigenvalue weighted by atomic mass is 32.2. The van der Waals surface area contributed by atoms with Crippen LogP contribution in [0.15, 0.2) is 0 Å². The second kappa shape index (κ2) is 3.83. The van der Waals surface area contributed by atoms with Gasteiger partial charge in [-0.2, -0.15) is 0 Å². The summed E-state index contributed by atoms with van der Waals surface area (Å²) in [6.45, 7) is 3.41. The number of rotatable bonds is 3. The molecule has 10 heavy (non-hydrogen) atoms. The van der Waals surface area contributed by atoms with Crippen LogP contribution in [-0.4, -0.2) is 30.2 Å². The van der Waals surface area contributed by atoms with Gasteiger partial charge in [0.05, 0.1) is 5.37 Å². The highest BCUT2D eigenvalue weighted by molar-refractivity contribution is 8.00.